The summed E-state index contributed by atoms with van der Waals surface area (Å²) in [5, 5.41) is 22.1. The number of aromatic hydroxyl groups is 2. The summed E-state index contributed by atoms with van der Waals surface area (Å²) in [6.07, 6.45) is 2.93. The van der Waals surface area contributed by atoms with Crippen LogP contribution in [0.4, 0.5) is 11.4 Å². The maximum Gasteiger partial charge on any atom is 0.243 e. The number of amides is 1. The smallest absolute Gasteiger partial charge is 0.243 e. The summed E-state index contributed by atoms with van der Waals surface area (Å²) in [6.45, 7) is 1.02. The summed E-state index contributed by atoms with van der Waals surface area (Å²) >= 11 is 0. The van der Waals surface area contributed by atoms with E-state index >= 15 is 0 Å². The fraction of sp³-hybridized carbons (Fsp3) is 0.316. The number of fused-ring (bicyclic) bond motifs is 1. The zero-order valence-electron chi connectivity index (χ0n) is 14.2. The van der Waals surface area contributed by atoms with Crippen molar-refractivity contribution in [1.82, 2.24) is 0 Å². The van der Waals surface area contributed by atoms with Gasteiger partial charge in [-0.2, -0.15) is 0 Å². The molecule has 3 rings (SSSR count). The van der Waals surface area contributed by atoms with E-state index in [1.165, 1.54) is 13.2 Å². The Kier molecular flexibility index (Phi) is 4.97. The minimum Gasteiger partial charge on any atom is -0.508 e. The van der Waals surface area contributed by atoms with Crippen LogP contribution >= 0.6 is 0 Å². The van der Waals surface area contributed by atoms with Crippen molar-refractivity contribution in [3.05, 3.63) is 42.0 Å². The summed E-state index contributed by atoms with van der Waals surface area (Å²) in [4.78, 5) is 14.5. The highest BCUT2D eigenvalue weighted by atomic mass is 16.5. The summed E-state index contributed by atoms with van der Waals surface area (Å²) in [7, 11) is 1.46. The van der Waals surface area contributed by atoms with Crippen LogP contribution in [0, 0.1) is 0 Å². The average Bonchev–Trinajstić information content (AvgIpc) is 2.78. The lowest BCUT2D eigenvalue weighted by atomic mass is 10.1. The molecule has 6 nitrogen and oxygen atoms in total. The van der Waals surface area contributed by atoms with E-state index in [4.69, 9.17) is 4.74 Å². The van der Waals surface area contributed by atoms with Gasteiger partial charge < -0.3 is 25.2 Å². The number of carbonyl (C=O) groups excluding carboxylic acids is 1. The summed E-state index contributed by atoms with van der Waals surface area (Å²) in [5.41, 5.74) is 2.63. The van der Waals surface area contributed by atoms with Gasteiger partial charge in [0, 0.05) is 24.0 Å². The van der Waals surface area contributed by atoms with E-state index in [1.807, 2.05) is 11.0 Å². The number of ether oxygens (including phenoxy) is 1. The Labute approximate surface area is 146 Å². The lowest BCUT2D eigenvalue weighted by molar-refractivity contribution is -0.115. The van der Waals surface area contributed by atoms with Gasteiger partial charge in [-0.05, 0) is 55.2 Å². The molecule has 25 heavy (non-hydrogen) atoms. The molecule has 132 valence electrons. The summed E-state index contributed by atoms with van der Waals surface area (Å²) in [5.74, 6) is 0.449. The molecule has 1 aliphatic rings. The van der Waals surface area contributed by atoms with Crippen molar-refractivity contribution >= 4 is 17.3 Å². The number of hydrogen-bond donors (Lipinski definition) is 3. The molecular weight excluding hydrogens is 320 g/mol. The van der Waals surface area contributed by atoms with Gasteiger partial charge in [0.15, 0.2) is 11.5 Å². The molecule has 1 heterocycles. The maximum absolute atomic E-state index is 12.4. The highest BCUT2D eigenvalue weighted by molar-refractivity contribution is 5.94. The van der Waals surface area contributed by atoms with E-state index in [-0.39, 0.29) is 24.0 Å². The van der Waals surface area contributed by atoms with E-state index in [2.05, 4.69) is 5.32 Å². The van der Waals surface area contributed by atoms with Crippen LogP contribution in [0.5, 0.6) is 17.2 Å². The molecule has 2 aromatic carbocycles. The van der Waals surface area contributed by atoms with Crippen molar-refractivity contribution < 1.29 is 19.7 Å². The minimum absolute atomic E-state index is 0.0294. The maximum atomic E-state index is 12.4. The topological polar surface area (TPSA) is 82.0 Å². The van der Waals surface area contributed by atoms with Gasteiger partial charge in [-0.3, -0.25) is 4.79 Å². The van der Waals surface area contributed by atoms with Crippen LogP contribution in [0.1, 0.15) is 18.4 Å². The van der Waals surface area contributed by atoms with Crippen LogP contribution in [0.25, 0.3) is 0 Å². The zero-order valence-corrected chi connectivity index (χ0v) is 14.2. The largest absolute Gasteiger partial charge is 0.508 e. The minimum atomic E-state index is -0.145. The molecule has 1 aliphatic heterocycles. The van der Waals surface area contributed by atoms with E-state index in [0.717, 1.165) is 37.1 Å². The highest BCUT2D eigenvalue weighted by Crippen LogP contribution is 2.30. The van der Waals surface area contributed by atoms with Crippen LogP contribution in [0.3, 0.4) is 0 Å². The Bertz CT molecular complexity index is 776. The molecule has 0 spiro atoms. The molecular formula is C19H22N2O4. The molecule has 0 aromatic heterocycles. The Morgan fingerprint density at radius 1 is 1.20 bits per heavy atom. The normalized spacial score (nSPS) is 13.7. The van der Waals surface area contributed by atoms with Crippen LogP contribution in [0.2, 0.25) is 0 Å². The number of hydrogen-bond acceptors (Lipinski definition) is 5. The Morgan fingerprint density at radius 3 is 2.84 bits per heavy atom. The standard InChI is InChI=1S/C19H22N2O4/c1-25-18-11-14(5-8-17(18)23)20-19(24)12-21-9-3-2-4-13-10-15(22)6-7-16(13)21/h5-8,10-11,22-23H,2-4,9,12H2,1H3,(H,20,24). The number of methoxy groups -OCH3 is 1. The molecule has 3 N–H and O–H groups in total. The van der Waals surface area contributed by atoms with Gasteiger partial charge in [-0.25, -0.2) is 0 Å². The van der Waals surface area contributed by atoms with Gasteiger partial charge in [-0.15, -0.1) is 0 Å². The number of rotatable bonds is 4. The Balaban J connectivity index is 1.73. The molecule has 2 aromatic rings. The van der Waals surface area contributed by atoms with Crippen molar-refractivity contribution in [3.8, 4) is 17.2 Å². The van der Waals surface area contributed by atoms with Gasteiger partial charge in [0.1, 0.15) is 5.75 Å². The van der Waals surface area contributed by atoms with Gasteiger partial charge in [-0.1, -0.05) is 0 Å². The van der Waals surface area contributed by atoms with Crippen LogP contribution < -0.4 is 15.0 Å². The SMILES string of the molecule is COc1cc(NC(=O)CN2CCCCc3cc(O)ccc32)ccc1O. The van der Waals surface area contributed by atoms with Gasteiger partial charge in [0.25, 0.3) is 0 Å². The molecule has 0 radical (unpaired) electrons. The first-order chi connectivity index (χ1) is 12.1. The number of nitrogens with one attached hydrogen (secondary N) is 1. The molecule has 1 amide bonds. The monoisotopic (exact) mass is 342 g/mol. The third kappa shape index (κ3) is 3.96. The van der Waals surface area contributed by atoms with Crippen LogP contribution in [-0.4, -0.2) is 36.3 Å². The molecule has 6 heteroatoms. The molecule has 0 atom stereocenters. The lowest BCUT2D eigenvalue weighted by Gasteiger charge is -2.24. The lowest BCUT2D eigenvalue weighted by Crippen LogP contribution is -2.33. The number of benzene rings is 2. The number of anilines is 2. The van der Waals surface area contributed by atoms with Crippen LogP contribution in [-0.2, 0) is 11.2 Å². The highest BCUT2D eigenvalue weighted by Gasteiger charge is 2.18. The molecule has 0 saturated heterocycles. The van der Waals surface area contributed by atoms with Crippen molar-refractivity contribution in [2.45, 2.75) is 19.3 Å². The number of phenolic OH excluding ortho intramolecular Hbond substituents is 2. The van der Waals surface area contributed by atoms with Gasteiger partial charge >= 0.3 is 0 Å². The molecule has 0 unspecified atom stereocenters. The fourth-order valence-corrected chi connectivity index (χ4v) is 3.11. The number of carbonyl (C=O) groups is 1. The number of phenols is 2. The quantitative estimate of drug-likeness (QED) is 0.744. The van der Waals surface area contributed by atoms with E-state index in [9.17, 15) is 15.0 Å². The Hall–Kier alpha value is -2.89. The molecule has 0 fully saturated rings. The van der Waals surface area contributed by atoms with E-state index < -0.39 is 0 Å². The third-order valence-corrected chi connectivity index (χ3v) is 4.33. The predicted molar refractivity (Wildman–Crippen MR) is 96.5 cm³/mol. The van der Waals surface area contributed by atoms with Gasteiger partial charge in [0.2, 0.25) is 5.91 Å². The van der Waals surface area contributed by atoms with Crippen molar-refractivity contribution in [2.24, 2.45) is 0 Å². The second-order valence-corrected chi connectivity index (χ2v) is 6.13. The first-order valence-corrected chi connectivity index (χ1v) is 8.30. The second kappa shape index (κ2) is 7.34. The summed E-state index contributed by atoms with van der Waals surface area (Å²) in [6, 6.07) is 9.99. The van der Waals surface area contributed by atoms with E-state index in [0.29, 0.717) is 11.4 Å². The van der Waals surface area contributed by atoms with Crippen molar-refractivity contribution in [2.75, 3.05) is 30.4 Å². The zero-order chi connectivity index (χ0) is 17.8. The Morgan fingerprint density at radius 2 is 2.04 bits per heavy atom. The molecule has 0 aliphatic carbocycles. The number of nitrogens with zero attached hydrogens (tertiary/aromatic N) is 1. The van der Waals surface area contributed by atoms with E-state index in [1.54, 1.807) is 24.3 Å². The predicted octanol–water partition coefficient (Wildman–Crippen LogP) is 2.89. The van der Waals surface area contributed by atoms with Crippen molar-refractivity contribution in [1.29, 1.82) is 0 Å². The molecule has 0 saturated carbocycles. The third-order valence-electron chi connectivity index (χ3n) is 4.33. The summed E-state index contributed by atoms with van der Waals surface area (Å²) < 4.78 is 5.06. The first kappa shape index (κ1) is 17.0. The number of aryl methyl sites for hydroxylation is 1. The first-order valence-electron chi connectivity index (χ1n) is 8.30. The van der Waals surface area contributed by atoms with Gasteiger partial charge in [0.05, 0.1) is 13.7 Å². The van der Waals surface area contributed by atoms with Crippen molar-refractivity contribution in [3.63, 3.8) is 0 Å². The van der Waals surface area contributed by atoms with Crippen LogP contribution in [0.15, 0.2) is 36.4 Å². The fourth-order valence-electron chi connectivity index (χ4n) is 3.11. The molecule has 0 bridgehead atoms. The second-order valence-electron chi connectivity index (χ2n) is 6.13. The average molecular weight is 342 g/mol.